The maximum atomic E-state index is 13.9. The van der Waals surface area contributed by atoms with Crippen LogP contribution in [0.5, 0.6) is 0 Å². The molecule has 1 atom stereocenters. The van der Waals surface area contributed by atoms with Gasteiger partial charge in [-0.25, -0.2) is 4.39 Å². The van der Waals surface area contributed by atoms with Gasteiger partial charge in [-0.1, -0.05) is 30.7 Å². The second kappa shape index (κ2) is 7.56. The quantitative estimate of drug-likeness (QED) is 0.635. The van der Waals surface area contributed by atoms with Gasteiger partial charge in [0.25, 0.3) is 0 Å². The van der Waals surface area contributed by atoms with Crippen molar-refractivity contribution in [3.8, 4) is 0 Å². The van der Waals surface area contributed by atoms with E-state index in [0.717, 1.165) is 27.7 Å². The fourth-order valence-corrected chi connectivity index (χ4v) is 3.05. The van der Waals surface area contributed by atoms with Crippen LogP contribution in [0.1, 0.15) is 36.1 Å². The normalized spacial score (nSPS) is 12.4. The van der Waals surface area contributed by atoms with Crippen LogP contribution in [-0.2, 0) is 0 Å². The van der Waals surface area contributed by atoms with E-state index < -0.39 is 0 Å². The van der Waals surface area contributed by atoms with Crippen molar-refractivity contribution in [1.29, 1.82) is 0 Å². The summed E-state index contributed by atoms with van der Waals surface area (Å²) in [6, 6.07) is 11.2. The molecule has 0 saturated carbocycles. The van der Waals surface area contributed by atoms with E-state index in [1.54, 1.807) is 13.0 Å². The van der Waals surface area contributed by atoms with Gasteiger partial charge in [-0.3, -0.25) is 0 Å². The molecular formula is C17H18ClFIN. The lowest BCUT2D eigenvalue weighted by Crippen LogP contribution is -2.24. The number of hydrogen-bond acceptors (Lipinski definition) is 1. The summed E-state index contributed by atoms with van der Waals surface area (Å²) in [6.45, 7) is 4.75. The first kappa shape index (κ1) is 16.7. The molecule has 2 rings (SSSR count). The van der Waals surface area contributed by atoms with Crippen LogP contribution in [0, 0.1) is 16.3 Å². The maximum absolute atomic E-state index is 13.9. The van der Waals surface area contributed by atoms with Crippen molar-refractivity contribution in [1.82, 2.24) is 5.32 Å². The van der Waals surface area contributed by atoms with Gasteiger partial charge in [-0.2, -0.15) is 0 Å². The minimum atomic E-state index is -0.173. The Morgan fingerprint density at radius 1 is 1.24 bits per heavy atom. The summed E-state index contributed by atoms with van der Waals surface area (Å²) >= 11 is 8.43. The molecule has 0 radical (unpaired) electrons. The standard InChI is InChI=1S/C17H18ClFIN/c1-3-8-21-17(12-5-4-11(2)15(19)9-12)14-10-13(18)6-7-16(14)20/h4-7,9-10,17,21H,3,8H2,1-2H3. The Morgan fingerprint density at radius 2 is 2.00 bits per heavy atom. The van der Waals surface area contributed by atoms with Gasteiger partial charge < -0.3 is 5.32 Å². The van der Waals surface area contributed by atoms with Crippen LogP contribution in [0.4, 0.5) is 4.39 Å². The molecule has 0 aliphatic carbocycles. The van der Waals surface area contributed by atoms with E-state index in [0.29, 0.717) is 10.6 Å². The van der Waals surface area contributed by atoms with Crippen molar-refractivity contribution in [3.05, 3.63) is 67.5 Å². The molecule has 0 bridgehead atoms. The zero-order valence-corrected chi connectivity index (χ0v) is 15.0. The highest BCUT2D eigenvalue weighted by atomic mass is 127. The molecule has 0 heterocycles. The van der Waals surface area contributed by atoms with Crippen molar-refractivity contribution >= 4 is 34.2 Å². The van der Waals surface area contributed by atoms with E-state index in [2.05, 4.69) is 34.8 Å². The first-order chi connectivity index (χ1) is 10.0. The van der Waals surface area contributed by atoms with Crippen LogP contribution in [0.3, 0.4) is 0 Å². The van der Waals surface area contributed by atoms with Gasteiger partial charge in [0.05, 0.1) is 6.04 Å². The third-order valence-corrected chi connectivity index (χ3v) is 4.61. The molecule has 0 aliphatic heterocycles. The van der Waals surface area contributed by atoms with Crippen LogP contribution >= 0.6 is 34.2 Å². The fraction of sp³-hybridized carbons (Fsp3) is 0.294. The van der Waals surface area contributed by atoms with Crippen LogP contribution in [0.25, 0.3) is 0 Å². The molecule has 0 saturated heterocycles. The van der Waals surface area contributed by atoms with Crippen LogP contribution in [0.15, 0.2) is 36.4 Å². The Labute approximate surface area is 144 Å². The number of nitrogens with one attached hydrogen (secondary N) is 1. The van der Waals surface area contributed by atoms with E-state index >= 15 is 0 Å². The maximum Gasteiger partial charge on any atom is 0.126 e. The molecule has 1 unspecified atom stereocenters. The lowest BCUT2D eigenvalue weighted by molar-refractivity contribution is 0.581. The molecule has 1 N–H and O–H groups in total. The molecule has 2 aromatic carbocycles. The average molecular weight is 418 g/mol. The molecule has 0 aliphatic rings. The fourth-order valence-electron chi connectivity index (χ4n) is 2.22. The molecule has 4 heteroatoms. The summed E-state index contributed by atoms with van der Waals surface area (Å²) in [7, 11) is 0. The smallest absolute Gasteiger partial charge is 0.126 e. The molecule has 0 aromatic heterocycles. The predicted octanol–water partition coefficient (Wildman–Crippen LogP) is 5.48. The Bertz CT molecular complexity index is 630. The highest BCUT2D eigenvalue weighted by Gasteiger charge is 2.17. The van der Waals surface area contributed by atoms with E-state index in [-0.39, 0.29) is 11.9 Å². The lowest BCUT2D eigenvalue weighted by atomic mass is 9.97. The first-order valence-electron chi connectivity index (χ1n) is 6.97. The molecule has 112 valence electrons. The molecule has 1 nitrogen and oxygen atoms in total. The Hall–Kier alpha value is -0.650. The van der Waals surface area contributed by atoms with Gasteiger partial charge >= 0.3 is 0 Å². The highest BCUT2D eigenvalue weighted by molar-refractivity contribution is 14.1. The van der Waals surface area contributed by atoms with Crippen molar-refractivity contribution in [2.24, 2.45) is 0 Å². The van der Waals surface area contributed by atoms with Gasteiger partial charge in [0.15, 0.2) is 0 Å². The number of benzene rings is 2. The van der Waals surface area contributed by atoms with Gasteiger partial charge in [0.1, 0.15) is 5.82 Å². The first-order valence-corrected chi connectivity index (χ1v) is 8.43. The SMILES string of the molecule is CCCNC(c1ccc(C)c(F)c1)c1cc(Cl)ccc1I. The van der Waals surface area contributed by atoms with Crippen molar-refractivity contribution in [3.63, 3.8) is 0 Å². The van der Waals surface area contributed by atoms with E-state index in [4.69, 9.17) is 11.6 Å². The van der Waals surface area contributed by atoms with Gasteiger partial charge in [-0.05, 0) is 83.4 Å². The van der Waals surface area contributed by atoms with E-state index in [1.165, 1.54) is 0 Å². The van der Waals surface area contributed by atoms with Crippen LogP contribution in [-0.4, -0.2) is 6.54 Å². The minimum absolute atomic E-state index is 0.0503. The summed E-state index contributed by atoms with van der Waals surface area (Å²) in [5.74, 6) is -0.173. The van der Waals surface area contributed by atoms with E-state index in [1.807, 2.05) is 30.3 Å². The van der Waals surface area contributed by atoms with Gasteiger partial charge in [0.2, 0.25) is 0 Å². The summed E-state index contributed by atoms with van der Waals surface area (Å²) in [5.41, 5.74) is 2.67. The van der Waals surface area contributed by atoms with Gasteiger partial charge in [0, 0.05) is 8.59 Å². The average Bonchev–Trinajstić information content (AvgIpc) is 2.46. The van der Waals surface area contributed by atoms with Gasteiger partial charge in [-0.15, -0.1) is 0 Å². The number of hydrogen-bond donors (Lipinski definition) is 1. The van der Waals surface area contributed by atoms with Crippen molar-refractivity contribution < 1.29 is 4.39 Å². The third-order valence-electron chi connectivity index (χ3n) is 3.40. The van der Waals surface area contributed by atoms with Crippen molar-refractivity contribution in [2.45, 2.75) is 26.3 Å². The highest BCUT2D eigenvalue weighted by Crippen LogP contribution is 2.29. The Kier molecular flexibility index (Phi) is 6.02. The molecule has 2 aromatic rings. The summed E-state index contributed by atoms with van der Waals surface area (Å²) in [5, 5.41) is 4.18. The minimum Gasteiger partial charge on any atom is -0.306 e. The number of halogens is 3. The van der Waals surface area contributed by atoms with Crippen LogP contribution in [0.2, 0.25) is 5.02 Å². The summed E-state index contributed by atoms with van der Waals surface area (Å²) in [4.78, 5) is 0. The largest absolute Gasteiger partial charge is 0.306 e. The zero-order chi connectivity index (χ0) is 15.4. The van der Waals surface area contributed by atoms with E-state index in [9.17, 15) is 4.39 Å². The van der Waals surface area contributed by atoms with Crippen LogP contribution < -0.4 is 5.32 Å². The second-order valence-electron chi connectivity index (χ2n) is 5.06. The molecule has 0 spiro atoms. The topological polar surface area (TPSA) is 12.0 Å². The monoisotopic (exact) mass is 417 g/mol. The number of aryl methyl sites for hydroxylation is 1. The molecular weight excluding hydrogens is 400 g/mol. The molecule has 0 fully saturated rings. The summed E-state index contributed by atoms with van der Waals surface area (Å²) < 4.78 is 15.0. The third kappa shape index (κ3) is 4.18. The molecule has 21 heavy (non-hydrogen) atoms. The Balaban J connectivity index is 2.46. The summed E-state index contributed by atoms with van der Waals surface area (Å²) in [6.07, 6.45) is 1.02. The number of rotatable bonds is 5. The zero-order valence-electron chi connectivity index (χ0n) is 12.1. The van der Waals surface area contributed by atoms with Crippen molar-refractivity contribution in [2.75, 3.05) is 6.54 Å². The second-order valence-corrected chi connectivity index (χ2v) is 6.66. The lowest BCUT2D eigenvalue weighted by Gasteiger charge is -2.21. The molecule has 0 amide bonds. The Morgan fingerprint density at radius 3 is 2.67 bits per heavy atom. The predicted molar refractivity (Wildman–Crippen MR) is 95.4 cm³/mol.